The van der Waals surface area contributed by atoms with Crippen LogP contribution < -0.4 is 10.6 Å². The molecule has 1 amide bonds. The number of nitrogens with one attached hydrogen (secondary N) is 2. The Morgan fingerprint density at radius 1 is 0.963 bits per heavy atom. The fourth-order valence-electron chi connectivity index (χ4n) is 2.61. The van der Waals surface area contributed by atoms with E-state index < -0.39 is 10.0 Å². The quantitative estimate of drug-likeness (QED) is 0.691. The Morgan fingerprint density at radius 2 is 1.56 bits per heavy atom. The second kappa shape index (κ2) is 9.53. The first-order valence-electron chi connectivity index (χ1n) is 9.03. The summed E-state index contributed by atoms with van der Waals surface area (Å²) in [4.78, 5) is 12.2. The minimum Gasteiger partial charge on any atom is -0.376 e. The van der Waals surface area contributed by atoms with Crippen molar-refractivity contribution in [1.29, 1.82) is 0 Å². The highest BCUT2D eigenvalue weighted by Crippen LogP contribution is 2.18. The molecule has 2 aromatic carbocycles. The zero-order valence-corrected chi connectivity index (χ0v) is 16.8. The molecule has 27 heavy (non-hydrogen) atoms. The van der Waals surface area contributed by atoms with Gasteiger partial charge in [-0.2, -0.15) is 4.31 Å². The molecule has 0 unspecified atom stereocenters. The van der Waals surface area contributed by atoms with E-state index in [1.807, 2.05) is 45.0 Å². The number of sulfonamides is 1. The Morgan fingerprint density at radius 3 is 2.11 bits per heavy atom. The van der Waals surface area contributed by atoms with Gasteiger partial charge in [-0.05, 0) is 36.8 Å². The monoisotopic (exact) mass is 389 g/mol. The van der Waals surface area contributed by atoms with Gasteiger partial charge in [0.05, 0.1) is 11.4 Å². The van der Waals surface area contributed by atoms with Crippen molar-refractivity contribution < 1.29 is 13.2 Å². The van der Waals surface area contributed by atoms with Crippen LogP contribution in [0.15, 0.2) is 53.4 Å². The first-order valence-corrected chi connectivity index (χ1v) is 10.5. The van der Waals surface area contributed by atoms with Gasteiger partial charge in [0.25, 0.3) is 0 Å². The number of benzene rings is 2. The summed E-state index contributed by atoms with van der Waals surface area (Å²) in [6.07, 6.45) is 0. The lowest BCUT2D eigenvalue weighted by atomic mass is 10.1. The molecule has 0 aromatic heterocycles. The van der Waals surface area contributed by atoms with Crippen molar-refractivity contribution in [1.82, 2.24) is 9.62 Å². The lowest BCUT2D eigenvalue weighted by molar-refractivity contribution is -0.119. The molecule has 0 atom stereocenters. The number of rotatable bonds is 9. The molecular formula is C20H27N3O3S. The van der Waals surface area contributed by atoms with Crippen LogP contribution in [0.25, 0.3) is 0 Å². The predicted octanol–water partition coefficient (Wildman–Crippen LogP) is 2.75. The molecule has 0 bridgehead atoms. The summed E-state index contributed by atoms with van der Waals surface area (Å²) in [5.74, 6) is -0.129. The maximum absolute atomic E-state index is 12.5. The second-order valence-corrected chi connectivity index (χ2v) is 8.17. The number of hydrogen-bond acceptors (Lipinski definition) is 4. The van der Waals surface area contributed by atoms with E-state index in [1.165, 1.54) is 9.87 Å². The van der Waals surface area contributed by atoms with Crippen LogP contribution in [-0.4, -0.2) is 38.3 Å². The van der Waals surface area contributed by atoms with Gasteiger partial charge in [-0.1, -0.05) is 43.7 Å². The van der Waals surface area contributed by atoms with E-state index >= 15 is 0 Å². The summed E-state index contributed by atoms with van der Waals surface area (Å²) in [6.45, 7) is 7.10. The summed E-state index contributed by atoms with van der Waals surface area (Å²) in [6, 6.07) is 14.4. The number of carbonyl (C=O) groups excluding carboxylic acids is 1. The molecule has 0 aliphatic heterocycles. The van der Waals surface area contributed by atoms with E-state index in [0.717, 1.165) is 5.56 Å². The van der Waals surface area contributed by atoms with E-state index in [2.05, 4.69) is 10.6 Å². The largest absolute Gasteiger partial charge is 0.376 e. The molecule has 0 spiro atoms. The van der Waals surface area contributed by atoms with Gasteiger partial charge >= 0.3 is 0 Å². The normalized spacial score (nSPS) is 11.4. The second-order valence-electron chi connectivity index (χ2n) is 6.23. The molecule has 0 radical (unpaired) electrons. The lowest BCUT2D eigenvalue weighted by Crippen LogP contribution is -2.30. The van der Waals surface area contributed by atoms with Crippen molar-refractivity contribution in [3.05, 3.63) is 59.7 Å². The molecule has 0 heterocycles. The molecule has 6 nitrogen and oxygen atoms in total. The van der Waals surface area contributed by atoms with E-state index in [0.29, 0.717) is 25.3 Å². The van der Waals surface area contributed by atoms with Gasteiger partial charge in [0.1, 0.15) is 0 Å². The summed E-state index contributed by atoms with van der Waals surface area (Å²) < 4.78 is 26.3. The summed E-state index contributed by atoms with van der Waals surface area (Å²) in [5.41, 5.74) is 2.91. The summed E-state index contributed by atoms with van der Waals surface area (Å²) in [5, 5.41) is 5.86. The molecule has 146 valence electrons. The third-order valence-corrected chi connectivity index (χ3v) is 6.32. The first-order chi connectivity index (χ1) is 12.9. The minimum absolute atomic E-state index is 0.119. The van der Waals surface area contributed by atoms with Crippen LogP contribution in [0.5, 0.6) is 0 Å². The van der Waals surface area contributed by atoms with Crippen molar-refractivity contribution in [2.75, 3.05) is 25.0 Å². The zero-order valence-electron chi connectivity index (χ0n) is 16.0. The Hall–Kier alpha value is -2.38. The maximum Gasteiger partial charge on any atom is 0.243 e. The molecule has 0 saturated heterocycles. The molecule has 2 rings (SSSR count). The highest BCUT2D eigenvalue weighted by atomic mass is 32.2. The minimum atomic E-state index is -3.47. The SMILES string of the molecule is CCN(CC)S(=O)(=O)c1ccc(NCC(=O)NCc2ccc(C)cc2)cc1. The van der Waals surface area contributed by atoms with Crippen LogP contribution in [0.2, 0.25) is 0 Å². The highest BCUT2D eigenvalue weighted by Gasteiger charge is 2.21. The third kappa shape index (κ3) is 5.80. The number of anilines is 1. The van der Waals surface area contributed by atoms with Gasteiger partial charge in [-0.25, -0.2) is 8.42 Å². The summed E-state index contributed by atoms with van der Waals surface area (Å²) in [7, 11) is -3.47. The lowest BCUT2D eigenvalue weighted by Gasteiger charge is -2.18. The Balaban J connectivity index is 1.87. The van der Waals surface area contributed by atoms with Gasteiger partial charge < -0.3 is 10.6 Å². The molecule has 7 heteroatoms. The third-order valence-electron chi connectivity index (χ3n) is 4.26. The van der Waals surface area contributed by atoms with E-state index in [9.17, 15) is 13.2 Å². The van der Waals surface area contributed by atoms with Crippen LogP contribution in [0.4, 0.5) is 5.69 Å². The van der Waals surface area contributed by atoms with Crippen LogP contribution in [0.1, 0.15) is 25.0 Å². The van der Waals surface area contributed by atoms with E-state index in [4.69, 9.17) is 0 Å². The molecule has 0 aliphatic rings. The van der Waals surface area contributed by atoms with Crippen molar-refractivity contribution in [2.24, 2.45) is 0 Å². The van der Waals surface area contributed by atoms with Crippen LogP contribution in [-0.2, 0) is 21.4 Å². The average molecular weight is 390 g/mol. The van der Waals surface area contributed by atoms with Gasteiger partial charge in [-0.3, -0.25) is 4.79 Å². The maximum atomic E-state index is 12.5. The standard InChI is InChI=1S/C20H27N3O3S/c1-4-23(5-2)27(25,26)19-12-10-18(11-13-19)21-15-20(24)22-14-17-8-6-16(3)7-9-17/h6-13,21H,4-5,14-15H2,1-3H3,(H,22,24). The van der Waals surface area contributed by atoms with Gasteiger partial charge in [-0.15, -0.1) is 0 Å². The van der Waals surface area contributed by atoms with Crippen molar-refractivity contribution >= 4 is 21.6 Å². The van der Waals surface area contributed by atoms with E-state index in [1.54, 1.807) is 24.3 Å². The number of carbonyl (C=O) groups is 1. The molecule has 2 aromatic rings. The Bertz CT molecular complexity index is 843. The first kappa shape index (κ1) is 20.9. The smallest absolute Gasteiger partial charge is 0.243 e. The topological polar surface area (TPSA) is 78.5 Å². The molecule has 0 aliphatic carbocycles. The van der Waals surface area contributed by atoms with Gasteiger partial charge in [0, 0.05) is 25.3 Å². The number of aryl methyl sites for hydroxylation is 1. The zero-order chi connectivity index (χ0) is 19.9. The molecule has 0 saturated carbocycles. The fraction of sp³-hybridized carbons (Fsp3) is 0.350. The number of hydrogen-bond donors (Lipinski definition) is 2. The fourth-order valence-corrected chi connectivity index (χ4v) is 4.07. The summed E-state index contributed by atoms with van der Waals surface area (Å²) >= 11 is 0. The van der Waals surface area contributed by atoms with Crippen molar-refractivity contribution in [2.45, 2.75) is 32.2 Å². The van der Waals surface area contributed by atoms with Gasteiger partial charge in [0.2, 0.25) is 15.9 Å². The van der Waals surface area contributed by atoms with Crippen LogP contribution in [0, 0.1) is 6.92 Å². The molecular weight excluding hydrogens is 362 g/mol. The number of nitrogens with zero attached hydrogens (tertiary/aromatic N) is 1. The van der Waals surface area contributed by atoms with Crippen LogP contribution >= 0.6 is 0 Å². The molecule has 0 fully saturated rings. The van der Waals surface area contributed by atoms with E-state index in [-0.39, 0.29) is 17.3 Å². The van der Waals surface area contributed by atoms with Crippen molar-refractivity contribution in [3.8, 4) is 0 Å². The average Bonchev–Trinajstić information content (AvgIpc) is 2.67. The van der Waals surface area contributed by atoms with Gasteiger partial charge in [0.15, 0.2) is 0 Å². The molecule has 2 N–H and O–H groups in total. The Labute approximate surface area is 161 Å². The Kier molecular flexibility index (Phi) is 7.38. The van der Waals surface area contributed by atoms with Crippen LogP contribution in [0.3, 0.4) is 0 Å². The van der Waals surface area contributed by atoms with Crippen molar-refractivity contribution in [3.63, 3.8) is 0 Å². The number of amides is 1. The highest BCUT2D eigenvalue weighted by molar-refractivity contribution is 7.89. The predicted molar refractivity (Wildman–Crippen MR) is 108 cm³/mol.